The van der Waals surface area contributed by atoms with Gasteiger partial charge in [0.15, 0.2) is 5.13 Å². The van der Waals surface area contributed by atoms with Gasteiger partial charge in [-0.15, -0.1) is 11.3 Å². The molecule has 1 aliphatic rings. The fourth-order valence-electron chi connectivity index (χ4n) is 3.08. The number of rotatable bonds is 4. The molecular weight excluding hydrogens is 335 g/mol. The molecule has 0 spiro atoms. The molecule has 126 valence electrons. The van der Waals surface area contributed by atoms with Crippen molar-refractivity contribution < 1.29 is 9.18 Å². The van der Waals surface area contributed by atoms with Crippen molar-refractivity contribution >= 4 is 22.4 Å². The first kappa shape index (κ1) is 16.0. The Morgan fingerprint density at radius 3 is 2.60 bits per heavy atom. The summed E-state index contributed by atoms with van der Waals surface area (Å²) in [6, 6.07) is 16.4. The minimum Gasteiger partial charge on any atom is -0.302 e. The van der Waals surface area contributed by atoms with Crippen LogP contribution >= 0.6 is 11.3 Å². The molecule has 0 bridgehead atoms. The van der Waals surface area contributed by atoms with Crippen LogP contribution in [0.3, 0.4) is 0 Å². The number of hydrogen-bond donors (Lipinski definition) is 1. The summed E-state index contributed by atoms with van der Waals surface area (Å²) in [6.07, 6.45) is 0.880. The molecule has 0 unspecified atom stereocenters. The number of nitrogens with zero attached hydrogens (tertiary/aromatic N) is 1. The third-order valence-electron chi connectivity index (χ3n) is 4.50. The quantitative estimate of drug-likeness (QED) is 0.718. The van der Waals surface area contributed by atoms with Crippen LogP contribution in [0.4, 0.5) is 9.52 Å². The van der Waals surface area contributed by atoms with Crippen LogP contribution in [0, 0.1) is 18.7 Å². The Kier molecular flexibility index (Phi) is 4.09. The lowest BCUT2D eigenvalue weighted by Gasteiger charge is -2.01. The normalized spacial score (nSPS) is 18.8. The highest BCUT2D eigenvalue weighted by molar-refractivity contribution is 7.16. The van der Waals surface area contributed by atoms with Crippen LogP contribution in [-0.2, 0) is 4.79 Å². The lowest BCUT2D eigenvalue weighted by molar-refractivity contribution is -0.117. The van der Waals surface area contributed by atoms with E-state index in [1.807, 2.05) is 25.1 Å². The summed E-state index contributed by atoms with van der Waals surface area (Å²) in [4.78, 5) is 18.0. The monoisotopic (exact) mass is 352 g/mol. The standard InChI is InChI=1S/C20H17FN2OS/c1-12-18(14-7-9-15(21)10-8-14)22-20(25-12)23-19(24)17-11-16(17)13-5-3-2-4-6-13/h2-10,16-17H,11H2,1H3,(H,22,23,24)/t16-,17+/m0/s1. The number of carbonyl (C=O) groups is 1. The summed E-state index contributed by atoms with van der Waals surface area (Å²) in [5, 5.41) is 3.54. The van der Waals surface area contributed by atoms with Crippen molar-refractivity contribution in [2.45, 2.75) is 19.3 Å². The van der Waals surface area contributed by atoms with Gasteiger partial charge in [-0.2, -0.15) is 0 Å². The van der Waals surface area contributed by atoms with E-state index in [9.17, 15) is 9.18 Å². The van der Waals surface area contributed by atoms with Gasteiger partial charge in [0.1, 0.15) is 5.82 Å². The van der Waals surface area contributed by atoms with Gasteiger partial charge in [0.05, 0.1) is 5.69 Å². The number of aryl methyl sites for hydroxylation is 1. The van der Waals surface area contributed by atoms with E-state index >= 15 is 0 Å². The SMILES string of the molecule is Cc1sc(NC(=O)[C@@H]2C[C@H]2c2ccccc2)nc1-c1ccc(F)cc1. The number of thiazole rings is 1. The van der Waals surface area contributed by atoms with Crippen molar-refractivity contribution in [3.8, 4) is 11.3 Å². The molecule has 1 amide bonds. The van der Waals surface area contributed by atoms with Gasteiger partial charge in [-0.05, 0) is 49.1 Å². The molecule has 0 radical (unpaired) electrons. The molecule has 1 aromatic heterocycles. The van der Waals surface area contributed by atoms with Gasteiger partial charge in [-0.3, -0.25) is 4.79 Å². The zero-order valence-corrected chi connectivity index (χ0v) is 14.5. The Morgan fingerprint density at radius 1 is 1.16 bits per heavy atom. The van der Waals surface area contributed by atoms with Crippen LogP contribution in [0.15, 0.2) is 54.6 Å². The van der Waals surface area contributed by atoms with Crippen molar-refractivity contribution in [3.63, 3.8) is 0 Å². The second kappa shape index (κ2) is 6.41. The van der Waals surface area contributed by atoms with Crippen LogP contribution < -0.4 is 5.32 Å². The number of carbonyl (C=O) groups excluding carboxylic acids is 1. The van der Waals surface area contributed by atoms with Gasteiger partial charge in [-0.25, -0.2) is 9.37 Å². The van der Waals surface area contributed by atoms with Crippen molar-refractivity contribution in [2.24, 2.45) is 5.92 Å². The van der Waals surface area contributed by atoms with E-state index in [0.29, 0.717) is 11.0 Å². The molecule has 3 nitrogen and oxygen atoms in total. The summed E-state index contributed by atoms with van der Waals surface area (Å²) in [5.41, 5.74) is 2.85. The summed E-state index contributed by atoms with van der Waals surface area (Å²) < 4.78 is 13.1. The first-order valence-electron chi connectivity index (χ1n) is 8.21. The van der Waals surface area contributed by atoms with E-state index in [4.69, 9.17) is 0 Å². The highest BCUT2D eigenvalue weighted by Crippen LogP contribution is 2.48. The van der Waals surface area contributed by atoms with E-state index < -0.39 is 0 Å². The Hall–Kier alpha value is -2.53. The highest BCUT2D eigenvalue weighted by atomic mass is 32.1. The largest absolute Gasteiger partial charge is 0.302 e. The maximum Gasteiger partial charge on any atom is 0.229 e. The zero-order chi connectivity index (χ0) is 17.4. The number of hydrogen-bond acceptors (Lipinski definition) is 3. The molecule has 2 aromatic carbocycles. The average molecular weight is 352 g/mol. The van der Waals surface area contributed by atoms with Crippen molar-refractivity contribution in [3.05, 3.63) is 70.9 Å². The van der Waals surface area contributed by atoms with Gasteiger partial charge in [0.25, 0.3) is 0 Å². The second-order valence-electron chi connectivity index (χ2n) is 6.28. The molecule has 1 saturated carbocycles. The Morgan fingerprint density at radius 2 is 1.88 bits per heavy atom. The van der Waals surface area contributed by atoms with E-state index in [-0.39, 0.29) is 17.6 Å². The zero-order valence-electron chi connectivity index (χ0n) is 13.7. The van der Waals surface area contributed by atoms with Gasteiger partial charge in [0.2, 0.25) is 5.91 Å². The Labute approximate surface area is 149 Å². The molecule has 0 aliphatic heterocycles. The first-order chi connectivity index (χ1) is 12.1. The van der Waals surface area contributed by atoms with Gasteiger partial charge < -0.3 is 5.32 Å². The molecule has 5 heteroatoms. The van der Waals surface area contributed by atoms with Gasteiger partial charge in [-0.1, -0.05) is 30.3 Å². The predicted molar refractivity (Wildman–Crippen MR) is 98.2 cm³/mol. The third-order valence-corrected chi connectivity index (χ3v) is 5.39. The van der Waals surface area contributed by atoms with Gasteiger partial charge >= 0.3 is 0 Å². The van der Waals surface area contributed by atoms with Crippen molar-refractivity contribution in [2.75, 3.05) is 5.32 Å². The average Bonchev–Trinajstić information content (AvgIpc) is 3.35. The molecule has 0 saturated heterocycles. The number of nitrogens with one attached hydrogen (secondary N) is 1. The molecule has 3 aromatic rings. The summed E-state index contributed by atoms with van der Waals surface area (Å²) in [7, 11) is 0. The van der Waals surface area contributed by atoms with E-state index in [0.717, 1.165) is 22.6 Å². The Balaban J connectivity index is 1.46. The molecule has 2 atom stereocenters. The maximum absolute atomic E-state index is 13.1. The summed E-state index contributed by atoms with van der Waals surface area (Å²) in [6.45, 7) is 1.95. The van der Waals surface area contributed by atoms with Crippen molar-refractivity contribution in [1.29, 1.82) is 0 Å². The molecule has 4 rings (SSSR count). The molecule has 1 heterocycles. The lowest BCUT2D eigenvalue weighted by Crippen LogP contribution is -2.14. The van der Waals surface area contributed by atoms with Crippen LogP contribution in [0.5, 0.6) is 0 Å². The van der Waals surface area contributed by atoms with Crippen LogP contribution in [0.1, 0.15) is 22.8 Å². The highest BCUT2D eigenvalue weighted by Gasteiger charge is 2.44. The van der Waals surface area contributed by atoms with E-state index in [1.165, 1.54) is 29.0 Å². The number of halogens is 1. The number of aromatic nitrogens is 1. The first-order valence-corrected chi connectivity index (χ1v) is 9.02. The fourth-order valence-corrected chi connectivity index (χ4v) is 3.92. The lowest BCUT2D eigenvalue weighted by atomic mass is 10.1. The van der Waals surface area contributed by atoms with Crippen molar-refractivity contribution in [1.82, 2.24) is 4.98 Å². The number of benzene rings is 2. The fraction of sp³-hybridized carbons (Fsp3) is 0.200. The van der Waals surface area contributed by atoms with E-state index in [2.05, 4.69) is 22.4 Å². The topological polar surface area (TPSA) is 42.0 Å². The molecule has 1 aliphatic carbocycles. The van der Waals surface area contributed by atoms with Crippen LogP contribution in [0.25, 0.3) is 11.3 Å². The van der Waals surface area contributed by atoms with Gasteiger partial charge in [0, 0.05) is 16.4 Å². The molecular formula is C20H17FN2OS. The predicted octanol–water partition coefficient (Wildman–Crippen LogP) is 5.00. The second-order valence-corrected chi connectivity index (χ2v) is 7.48. The number of amides is 1. The summed E-state index contributed by atoms with van der Waals surface area (Å²) >= 11 is 1.45. The smallest absolute Gasteiger partial charge is 0.229 e. The van der Waals surface area contributed by atoms with E-state index in [1.54, 1.807) is 12.1 Å². The number of anilines is 1. The summed E-state index contributed by atoms with van der Waals surface area (Å²) in [5.74, 6) is 0.0683. The van der Waals surface area contributed by atoms with Crippen LogP contribution in [-0.4, -0.2) is 10.9 Å². The minimum absolute atomic E-state index is 0.0147. The Bertz CT molecular complexity index is 905. The third kappa shape index (κ3) is 3.33. The maximum atomic E-state index is 13.1. The molecule has 1 N–H and O–H groups in total. The van der Waals surface area contributed by atoms with Crippen LogP contribution in [0.2, 0.25) is 0 Å². The molecule has 1 fully saturated rings. The molecule has 25 heavy (non-hydrogen) atoms. The minimum atomic E-state index is -0.272.